The normalized spacial score (nSPS) is 16.2. The van der Waals surface area contributed by atoms with Gasteiger partial charge in [0.25, 0.3) is 0 Å². The first-order valence-corrected chi connectivity index (χ1v) is 8.63. The Morgan fingerprint density at radius 1 is 1.12 bits per heavy atom. The van der Waals surface area contributed by atoms with Crippen molar-refractivity contribution in [2.24, 2.45) is 0 Å². The molecule has 0 aliphatic carbocycles. The summed E-state index contributed by atoms with van der Waals surface area (Å²) in [7, 11) is 0. The van der Waals surface area contributed by atoms with E-state index in [-0.39, 0.29) is 17.2 Å². The van der Waals surface area contributed by atoms with Crippen LogP contribution in [0, 0.1) is 0 Å². The lowest BCUT2D eigenvalue weighted by molar-refractivity contribution is -0.132. The van der Waals surface area contributed by atoms with Gasteiger partial charge in [-0.2, -0.15) is 4.98 Å². The Balaban J connectivity index is 1.77. The highest BCUT2D eigenvalue weighted by molar-refractivity contribution is 5.76. The molecule has 0 atom stereocenters. The van der Waals surface area contributed by atoms with Crippen molar-refractivity contribution < 1.29 is 14.1 Å². The molecule has 0 bridgehead atoms. The minimum absolute atomic E-state index is 0.0790. The van der Waals surface area contributed by atoms with Crippen molar-refractivity contribution in [1.82, 2.24) is 19.9 Å². The van der Waals surface area contributed by atoms with Gasteiger partial charge in [-0.05, 0) is 12.8 Å². The molecule has 1 aromatic rings. The van der Waals surface area contributed by atoms with Gasteiger partial charge in [0.05, 0.1) is 0 Å². The molecular formula is C17H28N4O3. The van der Waals surface area contributed by atoms with E-state index in [1.165, 1.54) is 0 Å². The number of amides is 2. The third-order valence-corrected chi connectivity index (χ3v) is 4.21. The van der Waals surface area contributed by atoms with Gasteiger partial charge in [0.2, 0.25) is 17.7 Å². The number of carbonyl (C=O) groups is 2. The molecular weight excluding hydrogens is 308 g/mol. The summed E-state index contributed by atoms with van der Waals surface area (Å²) in [5.41, 5.74) is -0.133. The van der Waals surface area contributed by atoms with E-state index < -0.39 is 0 Å². The van der Waals surface area contributed by atoms with Crippen LogP contribution in [0.1, 0.15) is 58.7 Å². The molecule has 1 fully saturated rings. The summed E-state index contributed by atoms with van der Waals surface area (Å²) < 4.78 is 5.25. The van der Waals surface area contributed by atoms with Crippen LogP contribution < -0.4 is 0 Å². The first-order valence-electron chi connectivity index (χ1n) is 8.63. The summed E-state index contributed by atoms with van der Waals surface area (Å²) in [5.74, 6) is 1.50. The SMILES string of the molecule is CC(=O)N1CCCN(C(=O)CCCc2nc(C(C)(C)C)no2)CC1. The summed E-state index contributed by atoms with van der Waals surface area (Å²) in [5, 5.41) is 3.99. The van der Waals surface area contributed by atoms with Crippen molar-refractivity contribution in [1.29, 1.82) is 0 Å². The van der Waals surface area contributed by atoms with E-state index in [2.05, 4.69) is 10.1 Å². The fourth-order valence-corrected chi connectivity index (χ4v) is 2.69. The standard InChI is InChI=1S/C17H28N4O3/c1-13(22)20-9-6-10-21(12-11-20)15(23)8-5-7-14-18-16(19-24-14)17(2,3)4/h5-12H2,1-4H3. The Morgan fingerprint density at radius 2 is 1.79 bits per heavy atom. The number of aromatic nitrogens is 2. The molecule has 1 saturated heterocycles. The highest BCUT2D eigenvalue weighted by Gasteiger charge is 2.22. The monoisotopic (exact) mass is 336 g/mol. The smallest absolute Gasteiger partial charge is 0.226 e. The molecule has 1 aromatic heterocycles. The number of carbonyl (C=O) groups excluding carboxylic acids is 2. The highest BCUT2D eigenvalue weighted by atomic mass is 16.5. The third-order valence-electron chi connectivity index (χ3n) is 4.21. The van der Waals surface area contributed by atoms with Crippen molar-refractivity contribution in [3.05, 3.63) is 11.7 Å². The van der Waals surface area contributed by atoms with Crippen LogP contribution in [-0.2, 0) is 21.4 Å². The van der Waals surface area contributed by atoms with Gasteiger partial charge in [0.15, 0.2) is 5.82 Å². The zero-order chi connectivity index (χ0) is 17.7. The Hall–Kier alpha value is -1.92. The maximum absolute atomic E-state index is 12.3. The molecule has 7 heteroatoms. The molecule has 7 nitrogen and oxygen atoms in total. The van der Waals surface area contributed by atoms with Crippen LogP contribution in [0.3, 0.4) is 0 Å². The lowest BCUT2D eigenvalue weighted by atomic mass is 9.96. The lowest BCUT2D eigenvalue weighted by Crippen LogP contribution is -2.36. The second kappa shape index (κ2) is 7.77. The van der Waals surface area contributed by atoms with Crippen molar-refractivity contribution in [2.75, 3.05) is 26.2 Å². The fourth-order valence-electron chi connectivity index (χ4n) is 2.69. The molecule has 2 amide bonds. The minimum Gasteiger partial charge on any atom is -0.341 e. The van der Waals surface area contributed by atoms with E-state index >= 15 is 0 Å². The molecule has 0 radical (unpaired) electrons. The maximum atomic E-state index is 12.3. The topological polar surface area (TPSA) is 79.5 Å². The molecule has 1 aliphatic rings. The quantitative estimate of drug-likeness (QED) is 0.837. The summed E-state index contributed by atoms with van der Waals surface area (Å²) in [6, 6.07) is 0. The van der Waals surface area contributed by atoms with E-state index in [1.54, 1.807) is 11.8 Å². The minimum atomic E-state index is -0.133. The number of aryl methyl sites for hydroxylation is 1. The van der Waals surface area contributed by atoms with Crippen molar-refractivity contribution in [3.63, 3.8) is 0 Å². The van der Waals surface area contributed by atoms with Crippen LogP contribution in [0.4, 0.5) is 0 Å². The molecule has 2 rings (SSSR count). The predicted molar refractivity (Wildman–Crippen MR) is 89.4 cm³/mol. The number of nitrogens with zero attached hydrogens (tertiary/aromatic N) is 4. The summed E-state index contributed by atoms with van der Waals surface area (Å²) in [6.07, 6.45) is 2.61. The predicted octanol–water partition coefficient (Wildman–Crippen LogP) is 1.77. The molecule has 0 spiro atoms. The van der Waals surface area contributed by atoms with Gasteiger partial charge >= 0.3 is 0 Å². The van der Waals surface area contributed by atoms with Crippen LogP contribution in [0.5, 0.6) is 0 Å². The average Bonchev–Trinajstić information content (AvgIpc) is 2.83. The van der Waals surface area contributed by atoms with Crippen LogP contribution in [0.15, 0.2) is 4.52 Å². The van der Waals surface area contributed by atoms with E-state index in [1.807, 2.05) is 25.7 Å². The lowest BCUT2D eigenvalue weighted by Gasteiger charge is -2.21. The van der Waals surface area contributed by atoms with Crippen molar-refractivity contribution in [3.8, 4) is 0 Å². The third kappa shape index (κ3) is 5.04. The van der Waals surface area contributed by atoms with Crippen LogP contribution >= 0.6 is 0 Å². The number of hydrogen-bond acceptors (Lipinski definition) is 5. The molecule has 0 aromatic carbocycles. The molecule has 0 N–H and O–H groups in total. The van der Waals surface area contributed by atoms with Gasteiger partial charge in [0, 0.05) is 51.4 Å². The average molecular weight is 336 g/mol. The zero-order valence-corrected chi connectivity index (χ0v) is 15.2. The molecule has 2 heterocycles. The molecule has 1 aliphatic heterocycles. The van der Waals surface area contributed by atoms with Gasteiger partial charge in [-0.1, -0.05) is 25.9 Å². The van der Waals surface area contributed by atoms with E-state index in [4.69, 9.17) is 4.52 Å². The Morgan fingerprint density at radius 3 is 2.42 bits per heavy atom. The Kier molecular flexibility index (Phi) is 5.96. The van der Waals surface area contributed by atoms with Gasteiger partial charge in [-0.3, -0.25) is 9.59 Å². The molecule has 134 valence electrons. The van der Waals surface area contributed by atoms with E-state index in [9.17, 15) is 9.59 Å². The van der Waals surface area contributed by atoms with Crippen LogP contribution in [0.25, 0.3) is 0 Å². The number of hydrogen-bond donors (Lipinski definition) is 0. The number of rotatable bonds is 4. The second-order valence-corrected chi connectivity index (χ2v) is 7.36. The molecule has 0 saturated carbocycles. The zero-order valence-electron chi connectivity index (χ0n) is 15.2. The van der Waals surface area contributed by atoms with Gasteiger partial charge in [-0.25, -0.2) is 0 Å². The van der Waals surface area contributed by atoms with Crippen LogP contribution in [-0.4, -0.2) is 57.9 Å². The van der Waals surface area contributed by atoms with Crippen molar-refractivity contribution in [2.45, 2.75) is 58.8 Å². The molecule has 24 heavy (non-hydrogen) atoms. The second-order valence-electron chi connectivity index (χ2n) is 7.36. The Bertz CT molecular complexity index is 577. The van der Waals surface area contributed by atoms with Crippen LogP contribution in [0.2, 0.25) is 0 Å². The summed E-state index contributed by atoms with van der Waals surface area (Å²) >= 11 is 0. The largest absolute Gasteiger partial charge is 0.341 e. The van der Waals surface area contributed by atoms with E-state index in [0.717, 1.165) is 19.5 Å². The first-order chi connectivity index (χ1) is 11.3. The van der Waals surface area contributed by atoms with Gasteiger partial charge in [0.1, 0.15) is 0 Å². The summed E-state index contributed by atoms with van der Waals surface area (Å²) in [6.45, 7) is 10.4. The Labute approximate surface area is 143 Å². The highest BCUT2D eigenvalue weighted by Crippen LogP contribution is 2.19. The van der Waals surface area contributed by atoms with Gasteiger partial charge < -0.3 is 14.3 Å². The first kappa shape index (κ1) is 18.4. The van der Waals surface area contributed by atoms with Crippen molar-refractivity contribution >= 4 is 11.8 Å². The summed E-state index contributed by atoms with van der Waals surface area (Å²) in [4.78, 5) is 31.8. The fraction of sp³-hybridized carbons (Fsp3) is 0.765. The maximum Gasteiger partial charge on any atom is 0.226 e. The van der Waals surface area contributed by atoms with Gasteiger partial charge in [-0.15, -0.1) is 0 Å². The van der Waals surface area contributed by atoms with E-state index in [0.29, 0.717) is 44.1 Å². The molecule has 0 unspecified atom stereocenters.